The highest BCUT2D eigenvalue weighted by Gasteiger charge is 2.48. The predicted molar refractivity (Wildman–Crippen MR) is 54.1 cm³/mol. The summed E-state index contributed by atoms with van der Waals surface area (Å²) in [7, 11) is -3.19. The van der Waals surface area contributed by atoms with Crippen LogP contribution in [0.4, 0.5) is 0 Å². The molecule has 2 aliphatic rings. The Labute approximate surface area is 92.3 Å². The summed E-state index contributed by atoms with van der Waals surface area (Å²) in [6.45, 7) is 0. The van der Waals surface area contributed by atoms with Gasteiger partial charge in [-0.15, -0.1) is 0 Å². The third-order valence-corrected chi connectivity index (χ3v) is 4.10. The van der Waals surface area contributed by atoms with Crippen molar-refractivity contribution in [1.29, 1.82) is 0 Å². The molecule has 1 fully saturated rings. The molecule has 2 N–H and O–H groups in total. The summed E-state index contributed by atoms with van der Waals surface area (Å²) >= 11 is 0. The molecular weight excluding hydrogens is 234 g/mol. The van der Waals surface area contributed by atoms with Gasteiger partial charge in [-0.2, -0.15) is 0 Å². The van der Waals surface area contributed by atoms with E-state index >= 15 is 0 Å². The van der Waals surface area contributed by atoms with Crippen molar-refractivity contribution in [3.8, 4) is 0 Å². The Kier molecular flexibility index (Phi) is 2.49. The maximum Gasteiger partial charge on any atom is 0.307 e. The van der Waals surface area contributed by atoms with Gasteiger partial charge >= 0.3 is 5.97 Å². The number of sulfone groups is 1. The molecule has 0 bridgehead atoms. The van der Waals surface area contributed by atoms with Crippen molar-refractivity contribution >= 4 is 21.7 Å². The molecule has 16 heavy (non-hydrogen) atoms. The van der Waals surface area contributed by atoms with Crippen LogP contribution in [-0.2, 0) is 19.4 Å². The number of hydrogen-bond acceptors (Lipinski definition) is 4. The van der Waals surface area contributed by atoms with Crippen molar-refractivity contribution in [2.45, 2.75) is 12.5 Å². The number of carbonyl (C=O) groups is 2. The maximum atomic E-state index is 11.5. The van der Waals surface area contributed by atoms with Crippen molar-refractivity contribution in [1.82, 2.24) is 5.32 Å². The molecule has 0 saturated heterocycles. The van der Waals surface area contributed by atoms with Gasteiger partial charge in [-0.25, -0.2) is 8.42 Å². The zero-order chi connectivity index (χ0) is 11.9. The lowest BCUT2D eigenvalue weighted by atomic mass is 10.2. The van der Waals surface area contributed by atoms with Crippen molar-refractivity contribution in [2.75, 3.05) is 5.75 Å². The molecule has 1 aliphatic carbocycles. The highest BCUT2D eigenvalue weighted by molar-refractivity contribution is 7.94. The number of aliphatic carboxylic acids is 1. The smallest absolute Gasteiger partial charge is 0.307 e. The Morgan fingerprint density at radius 2 is 2.00 bits per heavy atom. The Bertz CT molecular complexity index is 466. The molecule has 3 atom stereocenters. The first-order valence-electron chi connectivity index (χ1n) is 4.83. The molecule has 2 rings (SSSR count). The molecule has 1 amide bonds. The van der Waals surface area contributed by atoms with E-state index < -0.39 is 33.7 Å². The zero-order valence-corrected chi connectivity index (χ0v) is 9.11. The van der Waals surface area contributed by atoms with Crippen molar-refractivity contribution in [2.24, 2.45) is 11.8 Å². The van der Waals surface area contributed by atoms with E-state index in [9.17, 15) is 18.0 Å². The lowest BCUT2D eigenvalue weighted by molar-refractivity contribution is -0.140. The average molecular weight is 245 g/mol. The van der Waals surface area contributed by atoms with Crippen LogP contribution in [0.2, 0.25) is 0 Å². The summed E-state index contributed by atoms with van der Waals surface area (Å²) in [4.78, 5) is 22.0. The van der Waals surface area contributed by atoms with Gasteiger partial charge in [0.15, 0.2) is 9.84 Å². The van der Waals surface area contributed by atoms with Crippen LogP contribution >= 0.6 is 0 Å². The van der Waals surface area contributed by atoms with E-state index in [0.717, 1.165) is 5.41 Å². The minimum Gasteiger partial charge on any atom is -0.481 e. The maximum absolute atomic E-state index is 11.5. The molecule has 0 aromatic heterocycles. The molecule has 0 aromatic rings. The molecule has 1 saturated carbocycles. The summed E-state index contributed by atoms with van der Waals surface area (Å²) in [5, 5.41) is 12.2. The number of carboxylic acid groups (broad SMARTS) is 1. The Morgan fingerprint density at radius 1 is 1.31 bits per heavy atom. The molecule has 1 heterocycles. The molecule has 7 heteroatoms. The number of carbonyl (C=O) groups excluding carboxylic acids is 1. The van der Waals surface area contributed by atoms with Crippen molar-refractivity contribution < 1.29 is 23.1 Å². The number of amides is 1. The Hall–Kier alpha value is -1.37. The summed E-state index contributed by atoms with van der Waals surface area (Å²) in [5.41, 5.74) is 0. The molecule has 1 aliphatic heterocycles. The van der Waals surface area contributed by atoms with Crippen LogP contribution in [0.3, 0.4) is 0 Å². The predicted octanol–water partition coefficient (Wildman–Crippen LogP) is -0.866. The van der Waals surface area contributed by atoms with E-state index in [0.29, 0.717) is 6.42 Å². The van der Waals surface area contributed by atoms with Crippen molar-refractivity contribution in [3.63, 3.8) is 0 Å². The molecule has 0 spiro atoms. The summed E-state index contributed by atoms with van der Waals surface area (Å²) < 4.78 is 22.1. The van der Waals surface area contributed by atoms with Crippen LogP contribution < -0.4 is 5.32 Å². The van der Waals surface area contributed by atoms with Crippen molar-refractivity contribution in [3.05, 3.63) is 11.5 Å². The first-order chi connectivity index (χ1) is 7.39. The van der Waals surface area contributed by atoms with E-state index in [4.69, 9.17) is 5.11 Å². The highest BCUT2D eigenvalue weighted by Crippen LogP contribution is 2.38. The number of rotatable bonds is 3. The largest absolute Gasteiger partial charge is 0.481 e. The van der Waals surface area contributed by atoms with Gasteiger partial charge in [0.2, 0.25) is 5.91 Å². The van der Waals surface area contributed by atoms with Gasteiger partial charge in [0.1, 0.15) is 0 Å². The normalized spacial score (nSPS) is 34.6. The minimum atomic E-state index is -3.19. The number of nitrogens with one attached hydrogen (secondary N) is 1. The molecular formula is C9H11NO5S. The molecule has 0 radical (unpaired) electrons. The van der Waals surface area contributed by atoms with E-state index in [1.807, 2.05) is 0 Å². The lowest BCUT2D eigenvalue weighted by Gasteiger charge is -2.08. The second-order valence-corrected chi connectivity index (χ2v) is 5.99. The highest BCUT2D eigenvalue weighted by atomic mass is 32.2. The third kappa shape index (κ3) is 2.24. The summed E-state index contributed by atoms with van der Waals surface area (Å²) in [6.07, 6.45) is 1.75. The van der Waals surface area contributed by atoms with E-state index in [-0.39, 0.29) is 11.7 Å². The van der Waals surface area contributed by atoms with Crippen LogP contribution in [0.1, 0.15) is 6.42 Å². The topological polar surface area (TPSA) is 101 Å². The van der Waals surface area contributed by atoms with Gasteiger partial charge in [0.25, 0.3) is 0 Å². The second-order valence-electron chi connectivity index (χ2n) is 4.06. The van der Waals surface area contributed by atoms with E-state index in [1.54, 1.807) is 0 Å². The van der Waals surface area contributed by atoms with Crippen LogP contribution in [0, 0.1) is 11.8 Å². The monoisotopic (exact) mass is 245 g/mol. The van der Waals surface area contributed by atoms with Gasteiger partial charge in [-0.1, -0.05) is 0 Å². The van der Waals surface area contributed by atoms with E-state index in [2.05, 4.69) is 5.32 Å². The van der Waals surface area contributed by atoms with Gasteiger partial charge < -0.3 is 10.4 Å². The summed E-state index contributed by atoms with van der Waals surface area (Å²) in [5.74, 6) is -2.60. The fraction of sp³-hybridized carbons (Fsp3) is 0.556. The average Bonchev–Trinajstić information content (AvgIpc) is 2.87. The minimum absolute atomic E-state index is 0.136. The number of hydrogen-bond donors (Lipinski definition) is 2. The second kappa shape index (κ2) is 3.58. The van der Waals surface area contributed by atoms with Crippen LogP contribution in [0.15, 0.2) is 11.5 Å². The molecule has 0 aromatic carbocycles. The van der Waals surface area contributed by atoms with Gasteiger partial charge in [-0.3, -0.25) is 9.59 Å². The molecule has 1 unspecified atom stereocenters. The fourth-order valence-corrected chi connectivity index (χ4v) is 2.95. The van der Waals surface area contributed by atoms with Crippen LogP contribution in [-0.4, -0.2) is 37.2 Å². The third-order valence-electron chi connectivity index (χ3n) is 2.70. The first kappa shape index (κ1) is 11.1. The molecule has 6 nitrogen and oxygen atoms in total. The SMILES string of the molecule is O=C(O)[C@H]1C[C@H]1C(=O)NC1C=CS(=O)(=O)C1. The van der Waals surface area contributed by atoms with Gasteiger partial charge in [-0.05, 0) is 12.5 Å². The zero-order valence-electron chi connectivity index (χ0n) is 8.29. The molecule has 88 valence electrons. The van der Waals surface area contributed by atoms with Crippen LogP contribution in [0.5, 0.6) is 0 Å². The Morgan fingerprint density at radius 3 is 2.44 bits per heavy atom. The quantitative estimate of drug-likeness (QED) is 0.673. The lowest BCUT2D eigenvalue weighted by Crippen LogP contribution is -2.37. The fourth-order valence-electron chi connectivity index (χ4n) is 1.71. The number of carboxylic acids is 1. The first-order valence-corrected chi connectivity index (χ1v) is 6.55. The van der Waals surface area contributed by atoms with E-state index in [1.165, 1.54) is 6.08 Å². The van der Waals surface area contributed by atoms with Gasteiger partial charge in [0, 0.05) is 5.41 Å². The Balaban J connectivity index is 1.87. The summed E-state index contributed by atoms with van der Waals surface area (Å²) in [6, 6.07) is -0.521. The standard InChI is InChI=1S/C9H11NO5S/c11-8(6-3-7(6)9(12)13)10-5-1-2-16(14,15)4-5/h1-2,5-7H,3-4H2,(H,10,11)(H,12,13)/t5?,6-,7+/m1/s1. The van der Waals surface area contributed by atoms with Crippen LogP contribution in [0.25, 0.3) is 0 Å². The van der Waals surface area contributed by atoms with Gasteiger partial charge in [0.05, 0.1) is 23.6 Å².